The molecule has 0 aromatic heterocycles. The number of carboxylic acid groups (broad SMARTS) is 4. The molecule has 70 heavy (non-hydrogen) atoms. The molecule has 0 amide bonds. The lowest BCUT2D eigenvalue weighted by atomic mass is 9.65. The molecule has 4 N–H and O–H groups in total. The van der Waals surface area contributed by atoms with Crippen molar-refractivity contribution in [3.63, 3.8) is 0 Å². The second-order valence-corrected chi connectivity index (χ2v) is 28.1. The quantitative estimate of drug-likeness (QED) is 0.130. The van der Waals surface area contributed by atoms with Gasteiger partial charge < -0.3 is 20.4 Å². The SMILES string of the molecule is CC(C)(C)c1cc(C(c2cc(C(C)(C)C)c(C(=O)O)c(C(C)(C)C)c2)C(c2cc(C(C)(C)C)c(C(=O)O)c(C(C)(C)C)c2)c2cc(C(C)(C)C)c(C(=O)O)c(C(C)(C)C)c2)cc(C(C)(C)C)c1C(=O)O. The summed E-state index contributed by atoms with van der Waals surface area (Å²) in [5.41, 5.74) is 3.94. The van der Waals surface area contributed by atoms with Gasteiger partial charge in [-0.25, -0.2) is 19.2 Å². The van der Waals surface area contributed by atoms with Crippen molar-refractivity contribution < 1.29 is 39.6 Å². The Balaban J connectivity index is 2.70. The van der Waals surface area contributed by atoms with E-state index in [0.717, 1.165) is 22.3 Å². The van der Waals surface area contributed by atoms with Crippen molar-refractivity contribution in [2.45, 2.75) is 221 Å². The van der Waals surface area contributed by atoms with Crippen molar-refractivity contribution >= 4 is 23.9 Å². The zero-order chi connectivity index (χ0) is 54.4. The highest BCUT2D eigenvalue weighted by atomic mass is 16.4. The van der Waals surface area contributed by atoms with Gasteiger partial charge in [0.2, 0.25) is 0 Å². The van der Waals surface area contributed by atoms with Crippen LogP contribution in [0.5, 0.6) is 0 Å². The molecule has 4 aromatic rings. The van der Waals surface area contributed by atoms with Crippen LogP contribution in [0.1, 0.15) is 286 Å². The van der Waals surface area contributed by atoms with Gasteiger partial charge in [-0.1, -0.05) is 215 Å². The van der Waals surface area contributed by atoms with Gasteiger partial charge in [0.25, 0.3) is 0 Å². The van der Waals surface area contributed by atoms with Gasteiger partial charge >= 0.3 is 23.9 Å². The summed E-state index contributed by atoms with van der Waals surface area (Å²) in [6, 6.07) is 16.2. The number of aromatic carboxylic acids is 4. The maximum absolute atomic E-state index is 13.6. The van der Waals surface area contributed by atoms with E-state index in [9.17, 15) is 39.6 Å². The van der Waals surface area contributed by atoms with E-state index in [1.807, 2.05) is 215 Å². The Morgan fingerprint density at radius 2 is 0.357 bits per heavy atom. The molecule has 0 aliphatic heterocycles. The van der Waals surface area contributed by atoms with E-state index in [1.165, 1.54) is 0 Å². The standard InChI is InChI=1S/C62H86O8/c1-55(2,3)37-25-33(26-38(56(4,5)6)47(37)51(63)64)45(34-27-39(57(7,8)9)48(52(65)66)40(28-34)58(10,11)12)46(35-29-41(59(13,14)15)49(53(67)68)42(30-35)60(16,17)18)36-31-43(61(19,20)21)50(54(69)70)44(32-36)62(22,23)24/h25-32,45-46H,1-24H3,(H,63,64)(H,65,66)(H,67,68)(H,69,70). The van der Waals surface area contributed by atoms with Gasteiger partial charge in [-0.3, -0.25) is 0 Å². The molecule has 0 aliphatic rings. The number of hydrogen-bond donors (Lipinski definition) is 4. The van der Waals surface area contributed by atoms with E-state index in [2.05, 4.69) is 0 Å². The molecule has 8 heteroatoms. The maximum atomic E-state index is 13.6. The zero-order valence-corrected chi connectivity index (χ0v) is 47.2. The van der Waals surface area contributed by atoms with Gasteiger partial charge in [-0.05, 0) is 110 Å². The van der Waals surface area contributed by atoms with E-state index in [-0.39, 0.29) is 22.3 Å². The van der Waals surface area contributed by atoms with Gasteiger partial charge in [0.15, 0.2) is 0 Å². The Labute approximate surface area is 420 Å². The molecule has 4 rings (SSSR count). The molecular weight excluding hydrogens is 873 g/mol. The van der Waals surface area contributed by atoms with Crippen LogP contribution in [0.15, 0.2) is 48.5 Å². The summed E-state index contributed by atoms with van der Waals surface area (Å²) in [6.45, 7) is 48.3. The van der Waals surface area contributed by atoms with Gasteiger partial charge in [0.05, 0.1) is 22.3 Å². The monoisotopic (exact) mass is 959 g/mol. The summed E-state index contributed by atoms with van der Waals surface area (Å²) >= 11 is 0. The minimum absolute atomic E-state index is 0.234. The molecule has 0 radical (unpaired) electrons. The van der Waals surface area contributed by atoms with E-state index >= 15 is 0 Å². The number of carboxylic acids is 4. The highest BCUT2D eigenvalue weighted by Gasteiger charge is 2.41. The summed E-state index contributed by atoms with van der Waals surface area (Å²) in [5.74, 6) is -5.52. The van der Waals surface area contributed by atoms with Crippen molar-refractivity contribution in [1.29, 1.82) is 0 Å². The Morgan fingerprint density at radius 1 is 0.257 bits per heavy atom. The molecular formula is C62H86O8. The van der Waals surface area contributed by atoms with E-state index in [4.69, 9.17) is 0 Å². The molecule has 0 saturated carbocycles. The Hall–Kier alpha value is -5.24. The molecule has 0 fully saturated rings. The Kier molecular flexibility index (Phi) is 15.1. The molecule has 382 valence electrons. The van der Waals surface area contributed by atoms with Crippen LogP contribution in [0.4, 0.5) is 0 Å². The predicted molar refractivity (Wildman–Crippen MR) is 287 cm³/mol. The first-order valence-corrected chi connectivity index (χ1v) is 24.8. The lowest BCUT2D eigenvalue weighted by Gasteiger charge is -2.38. The van der Waals surface area contributed by atoms with Gasteiger partial charge in [0.1, 0.15) is 0 Å². The van der Waals surface area contributed by atoms with Gasteiger partial charge in [-0.15, -0.1) is 0 Å². The maximum Gasteiger partial charge on any atom is 0.336 e. The van der Waals surface area contributed by atoms with Gasteiger partial charge in [-0.2, -0.15) is 0 Å². The van der Waals surface area contributed by atoms with Gasteiger partial charge in [0, 0.05) is 11.8 Å². The first kappa shape index (κ1) is 57.3. The van der Waals surface area contributed by atoms with Crippen LogP contribution in [0.3, 0.4) is 0 Å². The average Bonchev–Trinajstić information content (AvgIpc) is 3.14. The fourth-order valence-electron chi connectivity index (χ4n) is 10.2. The first-order chi connectivity index (χ1) is 31.1. The Morgan fingerprint density at radius 3 is 0.429 bits per heavy atom. The lowest BCUT2D eigenvalue weighted by molar-refractivity contribution is 0.0680. The number of rotatable bonds is 9. The third-order valence-corrected chi connectivity index (χ3v) is 13.7. The molecule has 0 heterocycles. The predicted octanol–water partition coefficient (Wildman–Crippen LogP) is 15.8. The van der Waals surface area contributed by atoms with Crippen LogP contribution in [0, 0.1) is 0 Å². The number of carbonyl (C=O) groups is 4. The zero-order valence-electron chi connectivity index (χ0n) is 47.2. The topological polar surface area (TPSA) is 149 Å². The summed E-state index contributed by atoms with van der Waals surface area (Å²) in [7, 11) is 0. The van der Waals surface area contributed by atoms with Crippen molar-refractivity contribution in [3.05, 3.63) is 138 Å². The Bertz CT molecular complexity index is 2210. The van der Waals surface area contributed by atoms with E-state index < -0.39 is 79.0 Å². The lowest BCUT2D eigenvalue weighted by Crippen LogP contribution is -2.29. The molecule has 0 saturated heterocycles. The van der Waals surface area contributed by atoms with Crippen LogP contribution in [-0.2, 0) is 43.3 Å². The van der Waals surface area contributed by atoms with Crippen LogP contribution in [-0.4, -0.2) is 44.3 Å². The average molecular weight is 959 g/mol. The summed E-state index contributed by atoms with van der Waals surface area (Å²) in [6.07, 6.45) is 0. The highest BCUT2D eigenvalue weighted by molar-refractivity contribution is 5.95. The molecule has 0 bridgehead atoms. The molecule has 4 aromatic carbocycles. The minimum Gasteiger partial charge on any atom is -0.478 e. The normalized spacial score (nSPS) is 13.6. The largest absolute Gasteiger partial charge is 0.478 e. The van der Waals surface area contributed by atoms with Crippen LogP contribution < -0.4 is 0 Å². The van der Waals surface area contributed by atoms with Crippen LogP contribution >= 0.6 is 0 Å². The van der Waals surface area contributed by atoms with Crippen LogP contribution in [0.2, 0.25) is 0 Å². The highest BCUT2D eigenvalue weighted by Crippen LogP contribution is 2.52. The fourth-order valence-corrected chi connectivity index (χ4v) is 10.2. The molecule has 0 aliphatic carbocycles. The molecule has 0 atom stereocenters. The summed E-state index contributed by atoms with van der Waals surface area (Å²) in [4.78, 5) is 54.5. The molecule has 0 spiro atoms. The molecule has 0 unspecified atom stereocenters. The second kappa shape index (κ2) is 18.4. The number of hydrogen-bond acceptors (Lipinski definition) is 4. The first-order valence-electron chi connectivity index (χ1n) is 24.8. The van der Waals surface area contributed by atoms with Crippen LogP contribution in [0.25, 0.3) is 0 Å². The summed E-state index contributed by atoms with van der Waals surface area (Å²) < 4.78 is 0. The van der Waals surface area contributed by atoms with Crippen molar-refractivity contribution in [3.8, 4) is 0 Å². The van der Waals surface area contributed by atoms with E-state index in [1.54, 1.807) is 0 Å². The van der Waals surface area contributed by atoms with Crippen molar-refractivity contribution in [1.82, 2.24) is 0 Å². The third-order valence-electron chi connectivity index (χ3n) is 13.7. The second-order valence-electron chi connectivity index (χ2n) is 28.1. The van der Waals surface area contributed by atoms with Crippen molar-refractivity contribution in [2.24, 2.45) is 0 Å². The smallest absolute Gasteiger partial charge is 0.336 e. The third kappa shape index (κ3) is 11.7. The molecule has 8 nitrogen and oxygen atoms in total. The van der Waals surface area contributed by atoms with E-state index in [0.29, 0.717) is 44.5 Å². The van der Waals surface area contributed by atoms with Crippen molar-refractivity contribution in [2.75, 3.05) is 0 Å². The number of benzene rings is 4. The fraction of sp³-hybridized carbons (Fsp3) is 0.548. The summed E-state index contributed by atoms with van der Waals surface area (Å²) in [5, 5.41) is 44.5. The minimum atomic E-state index is -1.03.